The maximum absolute atomic E-state index is 12.7. The molecule has 1 aliphatic heterocycles. The number of ether oxygens (including phenoxy) is 2. The molecule has 2 aromatic rings. The van der Waals surface area contributed by atoms with E-state index in [0.717, 1.165) is 0 Å². The van der Waals surface area contributed by atoms with Crippen LogP contribution in [0.25, 0.3) is 6.08 Å². The minimum absolute atomic E-state index is 0.153. The highest BCUT2D eigenvalue weighted by molar-refractivity contribution is 6.31. The van der Waals surface area contributed by atoms with E-state index < -0.39 is 0 Å². The Morgan fingerprint density at radius 3 is 2.61 bits per heavy atom. The van der Waals surface area contributed by atoms with Gasteiger partial charge in [-0.2, -0.15) is 0 Å². The summed E-state index contributed by atoms with van der Waals surface area (Å²) in [6.45, 7) is 4.17. The molecular formula is C24H24Cl2N2O5. The Morgan fingerprint density at radius 2 is 1.88 bits per heavy atom. The van der Waals surface area contributed by atoms with Crippen LogP contribution in [0.3, 0.4) is 0 Å². The highest BCUT2D eigenvalue weighted by Crippen LogP contribution is 2.25. The molecule has 7 nitrogen and oxygen atoms in total. The van der Waals surface area contributed by atoms with E-state index in [4.69, 9.17) is 32.7 Å². The molecule has 0 spiro atoms. The fraction of sp³-hybridized carbons (Fsp3) is 0.292. The van der Waals surface area contributed by atoms with Crippen molar-refractivity contribution in [1.29, 1.82) is 0 Å². The Balaban J connectivity index is 1.62. The summed E-state index contributed by atoms with van der Waals surface area (Å²) >= 11 is 12.0. The van der Waals surface area contributed by atoms with Gasteiger partial charge in [0.15, 0.2) is 5.78 Å². The van der Waals surface area contributed by atoms with Gasteiger partial charge in [0, 0.05) is 35.3 Å². The number of morpholine rings is 1. The Labute approximate surface area is 202 Å². The third-order valence-electron chi connectivity index (χ3n) is 4.93. The average molecular weight is 491 g/mol. The minimum Gasteiger partial charge on any atom is -0.490 e. The van der Waals surface area contributed by atoms with Gasteiger partial charge in [0.05, 0.1) is 18.7 Å². The second-order valence-corrected chi connectivity index (χ2v) is 8.40. The summed E-state index contributed by atoms with van der Waals surface area (Å²) in [5.41, 5.74) is 1.58. The molecule has 1 atom stereocenters. The lowest BCUT2D eigenvalue weighted by Crippen LogP contribution is -2.47. The molecule has 1 unspecified atom stereocenters. The van der Waals surface area contributed by atoms with Gasteiger partial charge in [-0.25, -0.2) is 0 Å². The van der Waals surface area contributed by atoms with E-state index >= 15 is 0 Å². The van der Waals surface area contributed by atoms with Gasteiger partial charge in [-0.15, -0.1) is 0 Å². The number of amides is 2. The number of anilines is 1. The van der Waals surface area contributed by atoms with E-state index in [1.54, 1.807) is 47.4 Å². The van der Waals surface area contributed by atoms with Crippen molar-refractivity contribution in [2.24, 2.45) is 0 Å². The molecular weight excluding hydrogens is 467 g/mol. The van der Waals surface area contributed by atoms with E-state index in [9.17, 15) is 14.4 Å². The third kappa shape index (κ3) is 7.05. The Bertz CT molecular complexity index is 1090. The third-order valence-corrected chi connectivity index (χ3v) is 5.40. The number of carbonyl (C=O) groups excluding carboxylic acids is 3. The summed E-state index contributed by atoms with van der Waals surface area (Å²) in [6.07, 6.45) is 2.74. The molecule has 0 radical (unpaired) electrons. The van der Waals surface area contributed by atoms with Crippen LogP contribution in [0.4, 0.5) is 5.69 Å². The maximum atomic E-state index is 12.7. The van der Waals surface area contributed by atoms with Crippen molar-refractivity contribution in [3.63, 3.8) is 0 Å². The summed E-state index contributed by atoms with van der Waals surface area (Å²) in [4.78, 5) is 37.7. The van der Waals surface area contributed by atoms with Crippen molar-refractivity contribution in [1.82, 2.24) is 4.90 Å². The molecule has 1 aliphatic rings. The molecule has 0 bridgehead atoms. The van der Waals surface area contributed by atoms with Crippen molar-refractivity contribution in [3.05, 3.63) is 63.6 Å². The minimum atomic E-state index is -0.350. The first-order chi connectivity index (χ1) is 15.7. The molecule has 33 heavy (non-hydrogen) atoms. The van der Waals surface area contributed by atoms with Gasteiger partial charge < -0.3 is 19.7 Å². The van der Waals surface area contributed by atoms with Gasteiger partial charge in [-0.1, -0.05) is 29.3 Å². The SMILES string of the molecule is CC(=O)Nc1cc(Cl)ccc1C=CC(=O)N1CCOC(COc2ccc(Cl)cc2C(C)=O)C1. The van der Waals surface area contributed by atoms with Crippen LogP contribution < -0.4 is 10.1 Å². The van der Waals surface area contributed by atoms with Gasteiger partial charge in [0.2, 0.25) is 11.8 Å². The monoisotopic (exact) mass is 490 g/mol. The highest BCUT2D eigenvalue weighted by Gasteiger charge is 2.24. The summed E-state index contributed by atoms with van der Waals surface area (Å²) in [6, 6.07) is 9.90. The number of nitrogens with zero attached hydrogens (tertiary/aromatic N) is 1. The lowest BCUT2D eigenvalue weighted by molar-refractivity contribution is -0.134. The van der Waals surface area contributed by atoms with Gasteiger partial charge in [-0.3, -0.25) is 14.4 Å². The van der Waals surface area contributed by atoms with Gasteiger partial charge in [0.25, 0.3) is 0 Å². The number of Topliss-reactive ketones (excluding diaryl/α,β-unsaturated/α-hetero) is 1. The van der Waals surface area contributed by atoms with Crippen molar-refractivity contribution < 1.29 is 23.9 Å². The molecule has 174 valence electrons. The lowest BCUT2D eigenvalue weighted by atomic mass is 10.1. The zero-order valence-electron chi connectivity index (χ0n) is 18.3. The van der Waals surface area contributed by atoms with Crippen molar-refractivity contribution in [3.8, 4) is 5.75 Å². The number of ketones is 1. The predicted molar refractivity (Wildman–Crippen MR) is 128 cm³/mol. The van der Waals surface area contributed by atoms with Crippen LogP contribution in [-0.4, -0.2) is 54.9 Å². The molecule has 0 aromatic heterocycles. The zero-order valence-corrected chi connectivity index (χ0v) is 19.8. The summed E-state index contributed by atoms with van der Waals surface area (Å²) < 4.78 is 11.5. The number of carbonyl (C=O) groups is 3. The molecule has 1 heterocycles. The average Bonchev–Trinajstić information content (AvgIpc) is 2.77. The van der Waals surface area contributed by atoms with E-state index in [-0.39, 0.29) is 30.3 Å². The number of halogens is 2. The summed E-state index contributed by atoms with van der Waals surface area (Å²) in [7, 11) is 0. The topological polar surface area (TPSA) is 84.9 Å². The number of rotatable bonds is 7. The highest BCUT2D eigenvalue weighted by atomic mass is 35.5. The smallest absolute Gasteiger partial charge is 0.246 e. The number of hydrogen-bond donors (Lipinski definition) is 1. The maximum Gasteiger partial charge on any atom is 0.246 e. The molecule has 1 saturated heterocycles. The second kappa shape index (κ2) is 11.3. The molecule has 1 fully saturated rings. The quantitative estimate of drug-likeness (QED) is 0.456. The number of hydrogen-bond acceptors (Lipinski definition) is 5. The van der Waals surface area contributed by atoms with Crippen molar-refractivity contribution in [2.75, 3.05) is 31.6 Å². The second-order valence-electron chi connectivity index (χ2n) is 7.53. The van der Waals surface area contributed by atoms with Crippen molar-refractivity contribution >= 4 is 52.6 Å². The Kier molecular flexibility index (Phi) is 8.49. The van der Waals surface area contributed by atoms with Crippen LogP contribution in [0.2, 0.25) is 10.0 Å². The Morgan fingerprint density at radius 1 is 1.15 bits per heavy atom. The fourth-order valence-corrected chi connectivity index (χ4v) is 3.69. The first-order valence-electron chi connectivity index (χ1n) is 10.3. The van der Waals surface area contributed by atoms with Crippen LogP contribution >= 0.6 is 23.2 Å². The first kappa shape index (κ1) is 24.8. The molecule has 9 heteroatoms. The van der Waals surface area contributed by atoms with E-state index in [2.05, 4.69) is 5.32 Å². The first-order valence-corrected chi connectivity index (χ1v) is 11.1. The summed E-state index contributed by atoms with van der Waals surface area (Å²) in [5, 5.41) is 3.63. The standard InChI is InChI=1S/C24H24Cl2N2O5/c1-15(29)21-11-18(25)6-7-23(21)33-14-20-13-28(9-10-32-20)24(31)8-4-17-3-5-19(26)12-22(17)27-16(2)30/h3-8,11-12,20H,9-10,13-14H2,1-2H3,(H,27,30). The predicted octanol–water partition coefficient (Wildman–Crippen LogP) is 4.47. The zero-order chi connectivity index (χ0) is 24.0. The van der Waals surface area contributed by atoms with Crippen LogP contribution in [0.15, 0.2) is 42.5 Å². The van der Waals surface area contributed by atoms with E-state index in [0.29, 0.717) is 52.3 Å². The van der Waals surface area contributed by atoms with E-state index in [1.807, 2.05) is 0 Å². The van der Waals surface area contributed by atoms with E-state index in [1.165, 1.54) is 19.9 Å². The van der Waals surface area contributed by atoms with Gasteiger partial charge in [0.1, 0.15) is 18.5 Å². The van der Waals surface area contributed by atoms with Gasteiger partial charge in [-0.05, 0) is 48.9 Å². The summed E-state index contributed by atoms with van der Waals surface area (Å²) in [5.74, 6) is -0.155. The van der Waals surface area contributed by atoms with Crippen LogP contribution in [0.1, 0.15) is 29.8 Å². The van der Waals surface area contributed by atoms with Crippen LogP contribution in [0.5, 0.6) is 5.75 Å². The fourth-order valence-electron chi connectivity index (χ4n) is 3.34. The van der Waals surface area contributed by atoms with Crippen molar-refractivity contribution in [2.45, 2.75) is 20.0 Å². The number of nitrogens with one attached hydrogen (secondary N) is 1. The Hall–Kier alpha value is -2.87. The molecule has 1 N–H and O–H groups in total. The van der Waals surface area contributed by atoms with Crippen LogP contribution in [-0.2, 0) is 14.3 Å². The molecule has 2 amide bonds. The molecule has 0 aliphatic carbocycles. The normalized spacial score (nSPS) is 16.0. The van der Waals surface area contributed by atoms with Gasteiger partial charge >= 0.3 is 0 Å². The number of benzene rings is 2. The largest absolute Gasteiger partial charge is 0.490 e. The molecule has 2 aromatic carbocycles. The lowest BCUT2D eigenvalue weighted by Gasteiger charge is -2.32. The van der Waals surface area contributed by atoms with Crippen LogP contribution in [0, 0.1) is 0 Å². The molecule has 0 saturated carbocycles. The molecule has 3 rings (SSSR count).